The van der Waals surface area contributed by atoms with Gasteiger partial charge in [0.25, 0.3) is 0 Å². The number of nitrogens with zero attached hydrogens (tertiary/aromatic N) is 2. The zero-order valence-electron chi connectivity index (χ0n) is 10.1. The molecule has 3 nitrogen and oxygen atoms in total. The Labute approximate surface area is 102 Å². The van der Waals surface area contributed by atoms with Gasteiger partial charge in [-0.15, -0.1) is 0 Å². The molecule has 2 aromatic rings. The highest BCUT2D eigenvalue weighted by atomic mass is 16.5. The predicted octanol–water partition coefficient (Wildman–Crippen LogP) is 2.73. The maximum Gasteiger partial charge on any atom is 0.214 e. The van der Waals surface area contributed by atoms with Gasteiger partial charge in [-0.05, 0) is 11.6 Å². The highest BCUT2D eigenvalue weighted by molar-refractivity contribution is 5.40. The topological polar surface area (TPSA) is 25.4 Å². The van der Waals surface area contributed by atoms with E-state index in [0.29, 0.717) is 5.88 Å². The number of methoxy groups -OCH3 is 1. The first-order valence-corrected chi connectivity index (χ1v) is 5.55. The average Bonchev–Trinajstić information content (AvgIpc) is 2.40. The minimum absolute atomic E-state index is 0.641. The number of benzene rings is 1. The zero-order chi connectivity index (χ0) is 12.1. The molecule has 0 unspecified atom stereocenters. The molecule has 0 spiro atoms. The Morgan fingerprint density at radius 1 is 1.06 bits per heavy atom. The van der Waals surface area contributed by atoms with Crippen LogP contribution in [-0.2, 0) is 6.54 Å². The van der Waals surface area contributed by atoms with Crippen molar-refractivity contribution >= 4 is 5.82 Å². The Hall–Kier alpha value is -2.03. The van der Waals surface area contributed by atoms with Crippen molar-refractivity contribution in [3.63, 3.8) is 0 Å². The molecule has 17 heavy (non-hydrogen) atoms. The third kappa shape index (κ3) is 2.97. The summed E-state index contributed by atoms with van der Waals surface area (Å²) >= 11 is 0. The minimum Gasteiger partial charge on any atom is -0.481 e. The molecule has 0 saturated carbocycles. The second-order valence-electron chi connectivity index (χ2n) is 3.88. The van der Waals surface area contributed by atoms with E-state index < -0.39 is 0 Å². The monoisotopic (exact) mass is 228 g/mol. The maximum atomic E-state index is 5.12. The molecule has 88 valence electrons. The van der Waals surface area contributed by atoms with E-state index in [4.69, 9.17) is 4.74 Å². The number of rotatable bonds is 4. The van der Waals surface area contributed by atoms with Gasteiger partial charge in [0.2, 0.25) is 5.88 Å². The Balaban J connectivity index is 2.11. The van der Waals surface area contributed by atoms with Crippen LogP contribution in [0.1, 0.15) is 5.56 Å². The third-order valence-corrected chi connectivity index (χ3v) is 2.57. The fourth-order valence-electron chi connectivity index (χ4n) is 1.67. The lowest BCUT2D eigenvalue weighted by Gasteiger charge is -2.18. The van der Waals surface area contributed by atoms with E-state index >= 15 is 0 Å². The van der Waals surface area contributed by atoms with Crippen molar-refractivity contribution in [2.75, 3.05) is 19.1 Å². The van der Waals surface area contributed by atoms with E-state index in [-0.39, 0.29) is 0 Å². The van der Waals surface area contributed by atoms with E-state index in [1.165, 1.54) is 5.56 Å². The maximum absolute atomic E-state index is 5.12. The first kappa shape index (κ1) is 11.5. The second kappa shape index (κ2) is 5.34. The number of ether oxygens (including phenoxy) is 1. The molecule has 0 saturated heterocycles. The van der Waals surface area contributed by atoms with Gasteiger partial charge in [0.05, 0.1) is 7.11 Å². The lowest BCUT2D eigenvalue weighted by Crippen LogP contribution is -2.17. The normalized spacial score (nSPS) is 10.0. The summed E-state index contributed by atoms with van der Waals surface area (Å²) in [4.78, 5) is 6.49. The van der Waals surface area contributed by atoms with Gasteiger partial charge in [0, 0.05) is 19.7 Å². The fraction of sp³-hybridized carbons (Fsp3) is 0.214. The molecule has 0 N–H and O–H groups in total. The molecule has 0 fully saturated rings. The van der Waals surface area contributed by atoms with E-state index in [1.54, 1.807) is 7.11 Å². The van der Waals surface area contributed by atoms with Crippen molar-refractivity contribution < 1.29 is 4.74 Å². The molecule has 1 aromatic carbocycles. The standard InChI is InChI=1S/C14H16N2O/c1-16(11-12-7-4-3-5-8-12)13-9-6-10-14(15-13)17-2/h3-10H,11H2,1-2H3. The van der Waals surface area contributed by atoms with Crippen LogP contribution in [0.15, 0.2) is 48.5 Å². The fourth-order valence-corrected chi connectivity index (χ4v) is 1.67. The van der Waals surface area contributed by atoms with E-state index in [9.17, 15) is 0 Å². The Kier molecular flexibility index (Phi) is 3.60. The number of aromatic nitrogens is 1. The van der Waals surface area contributed by atoms with Crippen LogP contribution >= 0.6 is 0 Å². The second-order valence-corrected chi connectivity index (χ2v) is 3.88. The van der Waals surface area contributed by atoms with Gasteiger partial charge in [-0.3, -0.25) is 0 Å². The molecule has 1 heterocycles. The molecular weight excluding hydrogens is 212 g/mol. The van der Waals surface area contributed by atoms with Crippen LogP contribution in [-0.4, -0.2) is 19.1 Å². The highest BCUT2D eigenvalue weighted by Gasteiger charge is 2.04. The molecule has 0 radical (unpaired) electrons. The highest BCUT2D eigenvalue weighted by Crippen LogP contribution is 2.16. The van der Waals surface area contributed by atoms with Crippen LogP contribution in [0.3, 0.4) is 0 Å². The Bertz CT molecular complexity index is 471. The summed E-state index contributed by atoms with van der Waals surface area (Å²) in [5.41, 5.74) is 1.26. The first-order chi connectivity index (χ1) is 8.29. The molecule has 0 aliphatic rings. The van der Waals surface area contributed by atoms with Crippen molar-refractivity contribution in [1.82, 2.24) is 4.98 Å². The quantitative estimate of drug-likeness (QED) is 0.804. The van der Waals surface area contributed by atoms with Crippen LogP contribution in [0.5, 0.6) is 5.88 Å². The van der Waals surface area contributed by atoms with E-state index in [0.717, 1.165) is 12.4 Å². The molecular formula is C14H16N2O. The summed E-state index contributed by atoms with van der Waals surface area (Å²) in [6, 6.07) is 16.1. The van der Waals surface area contributed by atoms with Gasteiger partial charge >= 0.3 is 0 Å². The SMILES string of the molecule is COc1cccc(N(C)Cc2ccccc2)n1. The lowest BCUT2D eigenvalue weighted by atomic mass is 10.2. The van der Waals surface area contributed by atoms with Crippen LogP contribution in [0.4, 0.5) is 5.82 Å². The first-order valence-electron chi connectivity index (χ1n) is 5.55. The molecule has 0 aliphatic carbocycles. The van der Waals surface area contributed by atoms with Gasteiger partial charge in [0.15, 0.2) is 0 Å². The van der Waals surface area contributed by atoms with Gasteiger partial charge < -0.3 is 9.64 Å². The summed E-state index contributed by atoms with van der Waals surface area (Å²) in [7, 11) is 3.65. The number of anilines is 1. The van der Waals surface area contributed by atoms with Crippen molar-refractivity contribution in [2.45, 2.75) is 6.54 Å². The Morgan fingerprint density at radius 3 is 2.53 bits per heavy atom. The third-order valence-electron chi connectivity index (χ3n) is 2.57. The van der Waals surface area contributed by atoms with Crippen molar-refractivity contribution in [3.8, 4) is 5.88 Å². The van der Waals surface area contributed by atoms with Crippen LogP contribution < -0.4 is 9.64 Å². The summed E-state index contributed by atoms with van der Waals surface area (Å²) in [6.07, 6.45) is 0. The lowest BCUT2D eigenvalue weighted by molar-refractivity contribution is 0.398. The van der Waals surface area contributed by atoms with Crippen LogP contribution in [0.2, 0.25) is 0 Å². The smallest absolute Gasteiger partial charge is 0.214 e. The van der Waals surface area contributed by atoms with Gasteiger partial charge in [0.1, 0.15) is 5.82 Å². The molecule has 0 bridgehead atoms. The molecule has 1 aromatic heterocycles. The number of pyridine rings is 1. The summed E-state index contributed by atoms with van der Waals surface area (Å²) < 4.78 is 5.12. The molecule has 0 aliphatic heterocycles. The van der Waals surface area contributed by atoms with Crippen LogP contribution in [0.25, 0.3) is 0 Å². The molecule has 2 rings (SSSR count). The van der Waals surface area contributed by atoms with Crippen LogP contribution in [0, 0.1) is 0 Å². The predicted molar refractivity (Wildman–Crippen MR) is 69.3 cm³/mol. The largest absolute Gasteiger partial charge is 0.481 e. The molecule has 0 atom stereocenters. The van der Waals surface area contributed by atoms with Crippen molar-refractivity contribution in [1.29, 1.82) is 0 Å². The number of hydrogen-bond donors (Lipinski definition) is 0. The summed E-state index contributed by atoms with van der Waals surface area (Å²) in [5, 5.41) is 0. The molecule has 0 amide bonds. The van der Waals surface area contributed by atoms with Gasteiger partial charge in [-0.1, -0.05) is 36.4 Å². The zero-order valence-corrected chi connectivity index (χ0v) is 10.1. The number of hydrogen-bond acceptors (Lipinski definition) is 3. The summed E-state index contributed by atoms with van der Waals surface area (Å²) in [5.74, 6) is 1.55. The molecule has 3 heteroatoms. The van der Waals surface area contributed by atoms with E-state index in [2.05, 4.69) is 22.0 Å². The minimum atomic E-state index is 0.641. The van der Waals surface area contributed by atoms with E-state index in [1.807, 2.05) is 43.4 Å². The van der Waals surface area contributed by atoms with Crippen molar-refractivity contribution in [3.05, 3.63) is 54.1 Å². The van der Waals surface area contributed by atoms with Gasteiger partial charge in [-0.2, -0.15) is 4.98 Å². The Morgan fingerprint density at radius 2 is 1.82 bits per heavy atom. The average molecular weight is 228 g/mol. The summed E-state index contributed by atoms with van der Waals surface area (Å²) in [6.45, 7) is 0.834. The van der Waals surface area contributed by atoms with Crippen molar-refractivity contribution in [2.24, 2.45) is 0 Å². The van der Waals surface area contributed by atoms with Gasteiger partial charge in [-0.25, -0.2) is 0 Å².